The third-order valence-electron chi connectivity index (χ3n) is 25.9. The lowest BCUT2D eigenvalue weighted by Crippen LogP contribution is -2.70. The molecule has 0 aromatic carbocycles. The van der Waals surface area contributed by atoms with Crippen LogP contribution in [0.1, 0.15) is 13.8 Å². The molecule has 12 aliphatic rings. The number of amides is 2. The van der Waals surface area contributed by atoms with Crippen LogP contribution in [-0.4, -0.2) is 643 Å². The number of carbonyl (C=O) groups excluding carboxylic acids is 2. The van der Waals surface area contributed by atoms with Crippen molar-refractivity contribution in [2.75, 3.05) is 79.3 Å². The molecule has 12 rings (SSSR count). The predicted octanol–water partition coefficient (Wildman–Crippen LogP) is -26.9. The molecule has 38 N–H and O–H groups in total. The van der Waals surface area contributed by atoms with Crippen LogP contribution in [0.2, 0.25) is 0 Å². The van der Waals surface area contributed by atoms with Crippen LogP contribution in [0.4, 0.5) is 0 Å². The molecular weight excluding hydrogens is 1920 g/mol. The second-order valence-electron chi connectivity index (χ2n) is 35.2. The van der Waals surface area contributed by atoms with Crippen LogP contribution in [0.25, 0.3) is 0 Å². The summed E-state index contributed by atoms with van der Waals surface area (Å²) >= 11 is 0. The van der Waals surface area contributed by atoms with Crippen LogP contribution in [0, 0.1) is 0 Å². The van der Waals surface area contributed by atoms with Gasteiger partial charge in [0, 0.05) is 13.8 Å². The minimum atomic E-state index is -2.78. The van der Waals surface area contributed by atoms with Crippen molar-refractivity contribution in [2.24, 2.45) is 0 Å². The van der Waals surface area contributed by atoms with E-state index in [9.17, 15) is 193 Å². The summed E-state index contributed by atoms with van der Waals surface area (Å²) < 4.78 is 137. The Kier molecular flexibility index (Phi) is 41.0. The molecule has 63 heteroatoms. The van der Waals surface area contributed by atoms with E-state index in [2.05, 4.69) is 10.6 Å². The average molecular weight is 2050 g/mol. The number of ether oxygens (including phenoxy) is 23. The maximum Gasteiger partial charge on any atom is 0.217 e. The summed E-state index contributed by atoms with van der Waals surface area (Å²) in [7, 11) is 0. The first kappa shape index (κ1) is 114. The van der Waals surface area contributed by atoms with Gasteiger partial charge in [-0.3, -0.25) is 9.59 Å². The number of aliphatic hydroxyl groups is 36. The maximum absolute atomic E-state index is 13.2. The van der Waals surface area contributed by atoms with Gasteiger partial charge >= 0.3 is 0 Å². The van der Waals surface area contributed by atoms with E-state index in [1.807, 2.05) is 0 Å². The molecule has 2 amide bonds. The van der Waals surface area contributed by atoms with Crippen molar-refractivity contribution in [1.82, 2.24) is 10.6 Å². The van der Waals surface area contributed by atoms with Crippen LogP contribution in [-0.2, 0) is 119 Å². The van der Waals surface area contributed by atoms with Gasteiger partial charge in [-0.15, -0.1) is 0 Å². The van der Waals surface area contributed by atoms with Crippen LogP contribution >= 0.6 is 0 Å². The quantitative estimate of drug-likeness (QED) is 0.0277. The van der Waals surface area contributed by atoms with Crippen molar-refractivity contribution in [3.05, 3.63) is 0 Å². The number of rotatable bonds is 36. The molecule has 0 saturated carbocycles. The van der Waals surface area contributed by atoms with Gasteiger partial charge in [0.15, 0.2) is 75.5 Å². The molecule has 12 aliphatic heterocycles. The largest absolute Gasteiger partial charge is 0.394 e. The molecule has 0 aromatic heterocycles. The first-order valence-corrected chi connectivity index (χ1v) is 44.2. The lowest BCUT2D eigenvalue weighted by Gasteiger charge is -2.51. The normalized spacial score (nSPS) is 51.9. The summed E-state index contributed by atoms with van der Waals surface area (Å²) in [4.78, 5) is 25.5. The molecular formula is C76H128N2O61. The van der Waals surface area contributed by atoms with Crippen molar-refractivity contribution >= 4 is 11.8 Å². The minimum absolute atomic E-state index is 0.844. The van der Waals surface area contributed by atoms with E-state index in [0.717, 1.165) is 13.8 Å². The van der Waals surface area contributed by atoms with Gasteiger partial charge in [-0.2, -0.15) is 0 Å². The van der Waals surface area contributed by atoms with Crippen molar-refractivity contribution in [3.8, 4) is 0 Å². The van der Waals surface area contributed by atoms with Crippen LogP contribution in [0.15, 0.2) is 0 Å². The second-order valence-corrected chi connectivity index (χ2v) is 35.2. The summed E-state index contributed by atoms with van der Waals surface area (Å²) in [5, 5.41) is 409. The summed E-state index contributed by atoms with van der Waals surface area (Å²) in [6, 6.07) is -3.79. The van der Waals surface area contributed by atoms with E-state index in [0.29, 0.717) is 0 Å². The van der Waals surface area contributed by atoms with Crippen molar-refractivity contribution in [1.29, 1.82) is 0 Å². The van der Waals surface area contributed by atoms with Gasteiger partial charge in [0.1, 0.15) is 293 Å². The van der Waals surface area contributed by atoms with Gasteiger partial charge < -0.3 is 303 Å². The second kappa shape index (κ2) is 49.8. The Morgan fingerprint density at radius 2 is 0.410 bits per heavy atom. The highest BCUT2D eigenvalue weighted by Gasteiger charge is 2.64. The zero-order valence-electron chi connectivity index (χ0n) is 73.4. The number of hydrogen-bond donors (Lipinski definition) is 38. The highest BCUT2D eigenvalue weighted by atomic mass is 16.8. The fourth-order valence-electron chi connectivity index (χ4n) is 17.9. The molecule has 0 radical (unpaired) electrons. The molecule has 0 bridgehead atoms. The topological polar surface area (TPSA) is 999 Å². The zero-order valence-corrected chi connectivity index (χ0v) is 73.4. The number of carbonyl (C=O) groups is 2. The van der Waals surface area contributed by atoms with Crippen molar-refractivity contribution in [3.63, 3.8) is 0 Å². The van der Waals surface area contributed by atoms with Gasteiger partial charge in [-0.05, 0) is 0 Å². The Bertz CT molecular complexity index is 3730. The van der Waals surface area contributed by atoms with Crippen LogP contribution < -0.4 is 10.6 Å². The van der Waals surface area contributed by atoms with Crippen LogP contribution in [0.5, 0.6) is 0 Å². The van der Waals surface area contributed by atoms with Gasteiger partial charge in [0.05, 0.1) is 79.3 Å². The van der Waals surface area contributed by atoms with E-state index in [1.165, 1.54) is 0 Å². The molecule has 0 spiro atoms. The molecule has 60 atom stereocenters. The molecule has 0 aliphatic carbocycles. The lowest BCUT2D eigenvalue weighted by molar-refractivity contribution is -0.417. The van der Waals surface area contributed by atoms with E-state index >= 15 is 0 Å². The summed E-state index contributed by atoms with van der Waals surface area (Å²) in [6.07, 6.45) is -132. The van der Waals surface area contributed by atoms with Gasteiger partial charge in [-0.1, -0.05) is 0 Å². The summed E-state index contributed by atoms with van der Waals surface area (Å²) in [5.41, 5.74) is 0. The van der Waals surface area contributed by atoms with Gasteiger partial charge in [0.25, 0.3) is 0 Å². The highest BCUT2D eigenvalue weighted by Crippen LogP contribution is 2.43. The third-order valence-corrected chi connectivity index (χ3v) is 25.9. The molecule has 808 valence electrons. The van der Waals surface area contributed by atoms with E-state index in [1.54, 1.807) is 0 Å². The number of nitrogens with one attached hydrogen (secondary N) is 2. The van der Waals surface area contributed by atoms with Gasteiger partial charge in [0.2, 0.25) is 11.8 Å². The van der Waals surface area contributed by atoms with Crippen molar-refractivity contribution in [2.45, 2.75) is 382 Å². The SMILES string of the molecule is CC(=O)N[C@H]1[C@H](O[C@H]2[C@H](O)[C@@H](NC(C)=O)C(O)O[C@@H]2CO)O[C@H](CO)[C@@H](O[C@@H]2O[C@H](CO[C@H]3O[C@H](CO[C@H]4O[C@H](CO)[C@@H](O)[C@H](O)[C@@H]4O[C@H]4O[C@H](CO)[C@@H](O)[C@H](O)[C@@H]4O)[C@@H](O)[C@H](O[C@H]4O[C@H](CO)[C@@H](O)[C@H](O)[C@@H]4O[C@H]4O[C@H](CO)[C@@H](O)[C@H](O)[C@H]4O)[C@@H]3O)[C@@H](O)[C@H](O[C@H]3O[C@H](CO)[C@@H](O)[C@H](O)[C@@H]3O[C@H]3O[C@H](CO)[C@@H](O)[C@H](O[C@H]4O[C@H](CO)[C@H](O)[C@H](O)[C@H]4O)[C@@H]3O[C@H]3O[C@H](CO)[C@@H](O)[C@H](O)[C@@H]3O)[C@@H]2O)[C@@H]1O. The Hall–Kier alpha value is -3.42. The molecule has 0 aromatic rings. The first-order chi connectivity index (χ1) is 65.9. The Morgan fingerprint density at radius 3 is 0.777 bits per heavy atom. The zero-order chi connectivity index (χ0) is 102. The first-order valence-electron chi connectivity index (χ1n) is 44.2. The fourth-order valence-corrected chi connectivity index (χ4v) is 17.9. The monoisotopic (exact) mass is 2040 g/mol. The molecule has 12 saturated heterocycles. The molecule has 139 heavy (non-hydrogen) atoms. The Balaban J connectivity index is 0.927. The third kappa shape index (κ3) is 24.5. The van der Waals surface area contributed by atoms with E-state index < -0.39 is 459 Å². The molecule has 12 fully saturated rings. The summed E-state index contributed by atoms with van der Waals surface area (Å²) in [5.74, 6) is -1.87. The fraction of sp³-hybridized carbons (Fsp3) is 0.974. The highest BCUT2D eigenvalue weighted by molar-refractivity contribution is 5.73. The predicted molar refractivity (Wildman–Crippen MR) is 418 cm³/mol. The Morgan fingerprint density at radius 1 is 0.187 bits per heavy atom. The molecule has 1 unspecified atom stereocenters. The summed E-state index contributed by atoms with van der Waals surface area (Å²) in [6.45, 7) is -12.6. The standard InChI is InChI=1S/C76H128N2O61/c1-15(89)77-29-41(101)56(25(11-87)119-65(29)116)131-66-30(78-16(2)90)42(102)57(26(12-88)128-66)132-72-55(115)59(134-75-63(49(109)37(97)23(9-85)126-75)138-76-64(139-71-53(113)46(106)34(94)20(6-82)123-71)60(38(98)24(10-86)127-76)135-68-50(110)43(103)31(91)17(3-79)120-68)40(100)28(130-72)13-117-67-54(114)58(133-74-62(48(108)36(96)22(8-84)125-74)137-70-52(112)45(105)33(93)19(5-81)122-70)39(99)27(129-67)14-118-73-61(47(107)35(95)21(7-83)124-73)136-69-51(111)44(104)32(92)18(4-80)121-69/h17-76,79-88,91-116H,3-14H2,1-2H3,(H,77,89)(H,78,90)/t17-,18-,19-,20-,21-,22-,23-,24-,25-,26-,27-,28-,29-,30-,31+,32-,33-,34-,35-,36-,37-,38-,39-,40-,41-,42-,43+,44+,45+,46+,47+,48+,49+,50-,51+,52-,53+,54+,55+,56-,57-,58+,59+,60+,61+,62+,63+,64+,65?,66+,67+,68-,69-,70-,71-,72+,73+,74-,75-,76-/m1/s1. The average Bonchev–Trinajstić information content (AvgIpc) is 0.749. The number of hydrogen-bond acceptors (Lipinski definition) is 61. The number of aliphatic hydroxyl groups excluding tert-OH is 36. The smallest absolute Gasteiger partial charge is 0.217 e. The lowest BCUT2D eigenvalue weighted by atomic mass is 9.94. The molecule has 63 nitrogen and oxygen atoms in total. The molecule has 12 heterocycles. The minimum Gasteiger partial charge on any atom is -0.394 e. The van der Waals surface area contributed by atoms with Crippen molar-refractivity contribution < 1.29 is 302 Å². The Labute approximate surface area is 784 Å². The van der Waals surface area contributed by atoms with E-state index in [4.69, 9.17) is 109 Å². The van der Waals surface area contributed by atoms with Crippen LogP contribution in [0.3, 0.4) is 0 Å². The van der Waals surface area contributed by atoms with Gasteiger partial charge in [-0.25, -0.2) is 0 Å². The van der Waals surface area contributed by atoms with E-state index in [-0.39, 0.29) is 0 Å². The maximum atomic E-state index is 13.2.